The molecule has 0 aliphatic carbocycles. The van der Waals surface area contributed by atoms with E-state index in [2.05, 4.69) is 5.32 Å². The number of carbonyl (C=O) groups is 2. The van der Waals surface area contributed by atoms with Crippen LogP contribution in [0.3, 0.4) is 0 Å². The Bertz CT molecular complexity index is 787. The summed E-state index contributed by atoms with van der Waals surface area (Å²) in [7, 11) is -1.17. The van der Waals surface area contributed by atoms with Crippen molar-refractivity contribution in [1.82, 2.24) is 5.32 Å². The van der Waals surface area contributed by atoms with E-state index in [0.717, 1.165) is 25.3 Å². The zero-order valence-electron chi connectivity index (χ0n) is 21.8. The number of unbranched alkanes of at least 4 members (excludes halogenated alkanes) is 2. The third kappa shape index (κ3) is 12.9. The molecule has 11 heteroatoms. The second-order valence-corrected chi connectivity index (χ2v) is 10.4. The topological polar surface area (TPSA) is 125 Å². The van der Waals surface area contributed by atoms with Crippen molar-refractivity contribution in [1.29, 1.82) is 0 Å². The van der Waals surface area contributed by atoms with Crippen LogP contribution in [0, 0.1) is 0 Å². The normalized spacial score (nSPS) is 11.4. The van der Waals surface area contributed by atoms with Crippen molar-refractivity contribution in [3.8, 4) is 11.5 Å². The monoisotopic (exact) mass is 526 g/mol. The standard InChI is InChI=1S/C25H41NO9Si/c1-5-33-36(34-6-2,35-7-3)19-11-16-26-25(29)32-18-10-8-9-17-31-22-14-12-21(13-15-24(27)28)20-23(22)30-4/h12-15,20H,5-11,16-19H2,1-4H3,(H,26,29)(H,27,28)/p-1/b15-13+. The lowest BCUT2D eigenvalue weighted by molar-refractivity contribution is -0.297. The first-order chi connectivity index (χ1) is 17.4. The molecule has 1 aromatic rings. The van der Waals surface area contributed by atoms with Gasteiger partial charge in [-0.05, 0) is 70.2 Å². The molecule has 204 valence electrons. The highest BCUT2D eigenvalue weighted by molar-refractivity contribution is 6.60. The molecule has 36 heavy (non-hydrogen) atoms. The third-order valence-electron chi connectivity index (χ3n) is 4.90. The number of methoxy groups -OCH3 is 1. The van der Waals surface area contributed by atoms with Crippen LogP contribution < -0.4 is 19.9 Å². The lowest BCUT2D eigenvalue weighted by Gasteiger charge is -2.28. The molecule has 0 spiro atoms. The Hall–Kier alpha value is -2.60. The zero-order chi connectivity index (χ0) is 26.7. The Kier molecular flexibility index (Phi) is 16.3. The number of hydrogen-bond donors (Lipinski definition) is 1. The van der Waals surface area contributed by atoms with Crippen molar-refractivity contribution in [2.75, 3.05) is 46.7 Å². The van der Waals surface area contributed by atoms with Gasteiger partial charge < -0.3 is 42.7 Å². The Morgan fingerprint density at radius 2 is 1.61 bits per heavy atom. The number of aliphatic carboxylic acids is 1. The van der Waals surface area contributed by atoms with Crippen LogP contribution in [0.25, 0.3) is 6.08 Å². The maximum atomic E-state index is 11.9. The van der Waals surface area contributed by atoms with Crippen LogP contribution in [0.2, 0.25) is 6.04 Å². The van der Waals surface area contributed by atoms with Gasteiger partial charge in [-0.3, -0.25) is 0 Å². The van der Waals surface area contributed by atoms with Gasteiger partial charge in [0.25, 0.3) is 0 Å². The highest BCUT2D eigenvalue weighted by Crippen LogP contribution is 2.28. The van der Waals surface area contributed by atoms with Crippen LogP contribution in [0.1, 0.15) is 52.0 Å². The summed E-state index contributed by atoms with van der Waals surface area (Å²) in [6.45, 7) is 8.57. The van der Waals surface area contributed by atoms with Gasteiger partial charge in [-0.25, -0.2) is 4.79 Å². The fourth-order valence-electron chi connectivity index (χ4n) is 3.35. The number of carboxylic acids is 1. The van der Waals surface area contributed by atoms with Crippen molar-refractivity contribution in [2.45, 2.75) is 52.5 Å². The summed E-state index contributed by atoms with van der Waals surface area (Å²) in [6.07, 6.45) is 4.94. The lowest BCUT2D eigenvalue weighted by Crippen LogP contribution is -2.46. The molecule has 0 aliphatic heterocycles. The summed E-state index contributed by atoms with van der Waals surface area (Å²) in [5.74, 6) is -0.177. The molecule has 0 bridgehead atoms. The predicted molar refractivity (Wildman–Crippen MR) is 136 cm³/mol. The molecular formula is C25H40NO9Si-. The average Bonchev–Trinajstić information content (AvgIpc) is 2.85. The van der Waals surface area contributed by atoms with Crippen molar-refractivity contribution in [3.63, 3.8) is 0 Å². The number of rotatable bonds is 20. The molecule has 10 nitrogen and oxygen atoms in total. The number of ether oxygens (including phenoxy) is 3. The Labute approximate surface area is 215 Å². The average molecular weight is 527 g/mol. The second kappa shape index (κ2) is 18.6. The third-order valence-corrected chi connectivity index (χ3v) is 8.05. The van der Waals surface area contributed by atoms with Gasteiger partial charge in [0.05, 0.1) is 26.3 Å². The molecule has 0 saturated heterocycles. The highest BCUT2D eigenvalue weighted by Gasteiger charge is 2.39. The molecule has 1 aromatic carbocycles. The number of alkyl carbamates (subject to hydrolysis) is 1. The molecule has 0 unspecified atom stereocenters. The first-order valence-electron chi connectivity index (χ1n) is 12.4. The second-order valence-electron chi connectivity index (χ2n) is 7.62. The van der Waals surface area contributed by atoms with Gasteiger partial charge in [0.2, 0.25) is 0 Å². The van der Waals surface area contributed by atoms with E-state index >= 15 is 0 Å². The van der Waals surface area contributed by atoms with Crippen molar-refractivity contribution >= 4 is 26.9 Å². The van der Waals surface area contributed by atoms with Crippen molar-refractivity contribution in [2.24, 2.45) is 0 Å². The smallest absolute Gasteiger partial charge is 0.500 e. The number of benzene rings is 1. The van der Waals surface area contributed by atoms with Gasteiger partial charge in [0.1, 0.15) is 0 Å². The SMILES string of the molecule is CCO[Si](CCCNC(=O)OCCCCCOc1ccc(/C=C/C(=O)[O-])cc1OC)(OCC)OCC. The number of carboxylic acid groups (broad SMARTS) is 1. The fraction of sp³-hybridized carbons (Fsp3) is 0.600. The minimum absolute atomic E-state index is 0.324. The van der Waals surface area contributed by atoms with E-state index < -0.39 is 20.9 Å². The minimum Gasteiger partial charge on any atom is -0.545 e. The largest absolute Gasteiger partial charge is 0.545 e. The number of hydrogen-bond acceptors (Lipinski definition) is 9. The lowest BCUT2D eigenvalue weighted by atomic mass is 10.2. The van der Waals surface area contributed by atoms with E-state index in [-0.39, 0.29) is 0 Å². The summed E-state index contributed by atoms with van der Waals surface area (Å²) in [5.41, 5.74) is 0.665. The van der Waals surface area contributed by atoms with E-state index in [0.29, 0.717) is 69.1 Å². The molecule has 0 radical (unpaired) electrons. The number of amides is 1. The number of nitrogens with one attached hydrogen (secondary N) is 1. The van der Waals surface area contributed by atoms with Crippen LogP contribution in [0.5, 0.6) is 11.5 Å². The molecule has 0 heterocycles. The Morgan fingerprint density at radius 3 is 2.22 bits per heavy atom. The molecule has 0 aromatic heterocycles. The first-order valence-corrected chi connectivity index (χ1v) is 14.3. The van der Waals surface area contributed by atoms with Gasteiger partial charge >= 0.3 is 14.9 Å². The highest BCUT2D eigenvalue weighted by atomic mass is 28.4. The minimum atomic E-state index is -2.69. The quantitative estimate of drug-likeness (QED) is 0.155. The van der Waals surface area contributed by atoms with Crippen molar-refractivity contribution < 1.29 is 42.2 Å². The van der Waals surface area contributed by atoms with Gasteiger partial charge in [0, 0.05) is 32.4 Å². The van der Waals surface area contributed by atoms with E-state index in [4.69, 9.17) is 27.5 Å². The van der Waals surface area contributed by atoms with E-state index in [1.54, 1.807) is 18.2 Å². The van der Waals surface area contributed by atoms with Gasteiger partial charge in [-0.2, -0.15) is 0 Å². The Balaban J connectivity index is 2.22. The van der Waals surface area contributed by atoms with Crippen molar-refractivity contribution in [3.05, 3.63) is 29.8 Å². The van der Waals surface area contributed by atoms with E-state index in [1.165, 1.54) is 13.2 Å². The molecule has 0 saturated carbocycles. The maximum absolute atomic E-state index is 11.9. The first kappa shape index (κ1) is 31.4. The molecule has 0 fully saturated rings. The van der Waals surface area contributed by atoms with Gasteiger partial charge in [-0.15, -0.1) is 0 Å². The summed E-state index contributed by atoms with van der Waals surface area (Å²) >= 11 is 0. The van der Waals surface area contributed by atoms with Gasteiger partial charge in [-0.1, -0.05) is 12.1 Å². The zero-order valence-corrected chi connectivity index (χ0v) is 22.8. The molecular weight excluding hydrogens is 486 g/mol. The summed E-state index contributed by atoms with van der Waals surface area (Å²) in [6, 6.07) is 5.78. The maximum Gasteiger partial charge on any atom is 0.500 e. The van der Waals surface area contributed by atoms with E-state index in [9.17, 15) is 14.7 Å². The molecule has 0 aliphatic rings. The van der Waals surface area contributed by atoms with Crippen LogP contribution in [0.4, 0.5) is 4.79 Å². The molecule has 0 atom stereocenters. The number of carbonyl (C=O) groups excluding carboxylic acids is 2. The Morgan fingerprint density at radius 1 is 0.944 bits per heavy atom. The molecule has 1 N–H and O–H groups in total. The molecule has 1 rings (SSSR count). The van der Waals surface area contributed by atoms with Crippen LogP contribution in [-0.4, -0.2) is 67.6 Å². The summed E-state index contributed by atoms with van der Waals surface area (Å²) < 4.78 is 33.7. The van der Waals surface area contributed by atoms with Gasteiger partial charge in [0.15, 0.2) is 11.5 Å². The summed E-state index contributed by atoms with van der Waals surface area (Å²) in [5, 5.41) is 13.3. The predicted octanol–water partition coefficient (Wildman–Crippen LogP) is 3.17. The van der Waals surface area contributed by atoms with Crippen LogP contribution in [-0.2, 0) is 22.8 Å². The summed E-state index contributed by atoms with van der Waals surface area (Å²) in [4.78, 5) is 22.4. The fourth-order valence-corrected chi connectivity index (χ4v) is 5.96. The molecule has 1 amide bonds. The van der Waals surface area contributed by atoms with Crippen LogP contribution in [0.15, 0.2) is 24.3 Å². The van der Waals surface area contributed by atoms with E-state index in [1.807, 2.05) is 20.8 Å². The van der Waals surface area contributed by atoms with Crippen LogP contribution >= 0.6 is 0 Å².